The summed E-state index contributed by atoms with van der Waals surface area (Å²) in [5, 5.41) is 0. The summed E-state index contributed by atoms with van der Waals surface area (Å²) < 4.78 is 2.23. The molecule has 1 aliphatic heterocycles. The maximum absolute atomic E-state index is 12.6. The first-order valence-corrected chi connectivity index (χ1v) is 9.32. The lowest BCUT2D eigenvalue weighted by atomic mass is 10.1. The first-order chi connectivity index (χ1) is 12.9. The normalized spacial score (nSPS) is 14.9. The topological polar surface area (TPSA) is 66.8 Å². The molecule has 0 atom stereocenters. The average Bonchev–Trinajstić information content (AvgIpc) is 3.12. The summed E-state index contributed by atoms with van der Waals surface area (Å²) in [5.41, 5.74) is 3.82. The smallest absolute Gasteiger partial charge is 0.255 e. The number of aromatic amines is 1. The fourth-order valence-electron chi connectivity index (χ4n) is 3.47. The van der Waals surface area contributed by atoms with E-state index in [2.05, 4.69) is 58.7 Å². The van der Waals surface area contributed by atoms with Gasteiger partial charge in [0.25, 0.3) is 5.56 Å². The van der Waals surface area contributed by atoms with Crippen LogP contribution in [0.5, 0.6) is 0 Å². The van der Waals surface area contributed by atoms with E-state index in [0.717, 1.165) is 36.3 Å². The number of H-pyrrole nitrogens is 1. The Morgan fingerprint density at radius 2 is 2.11 bits per heavy atom. The van der Waals surface area contributed by atoms with Gasteiger partial charge in [-0.1, -0.05) is 0 Å². The Balaban J connectivity index is 1.54. The highest BCUT2D eigenvalue weighted by Gasteiger charge is 2.22. The zero-order chi connectivity index (χ0) is 19.0. The van der Waals surface area contributed by atoms with Crippen LogP contribution in [0.2, 0.25) is 0 Å². The average molecular weight is 363 g/mol. The molecule has 0 bridgehead atoms. The first-order valence-electron chi connectivity index (χ1n) is 9.32. The molecule has 4 heterocycles. The Kier molecular flexibility index (Phi) is 4.44. The molecule has 0 saturated carbocycles. The predicted octanol–water partition coefficient (Wildman–Crippen LogP) is 2.95. The van der Waals surface area contributed by atoms with E-state index in [4.69, 9.17) is 4.98 Å². The predicted molar refractivity (Wildman–Crippen MR) is 105 cm³/mol. The van der Waals surface area contributed by atoms with Crippen LogP contribution in [-0.4, -0.2) is 31.0 Å². The van der Waals surface area contributed by atoms with E-state index in [9.17, 15) is 4.79 Å². The van der Waals surface area contributed by atoms with Gasteiger partial charge in [-0.15, -0.1) is 0 Å². The van der Waals surface area contributed by atoms with Crippen LogP contribution in [0.3, 0.4) is 0 Å². The second kappa shape index (κ2) is 6.78. The van der Waals surface area contributed by atoms with Crippen LogP contribution in [0.4, 0.5) is 0 Å². The van der Waals surface area contributed by atoms with E-state index in [0.29, 0.717) is 12.4 Å². The number of aromatic nitrogens is 4. The number of nitrogens with zero attached hydrogens (tertiary/aromatic N) is 4. The molecule has 0 radical (unpaired) electrons. The Labute approximate surface area is 158 Å². The van der Waals surface area contributed by atoms with Crippen LogP contribution in [0.15, 0.2) is 47.8 Å². The zero-order valence-electron chi connectivity index (χ0n) is 16.1. The minimum absolute atomic E-state index is 0.0455. The molecule has 6 nitrogen and oxygen atoms in total. The van der Waals surface area contributed by atoms with E-state index in [1.807, 2.05) is 12.1 Å². The molecule has 27 heavy (non-hydrogen) atoms. The standard InChI is InChI=1S/C21H25N5O/c1-21(2,3)26-10-6-15(13-26)12-25-9-7-18-17(14-25)20(27)24-19(23-18)16-5-4-8-22-11-16/h4-6,8,10-11,13H,7,9,12,14H2,1-3H3,(H,23,24,27). The number of pyridine rings is 1. The van der Waals surface area contributed by atoms with Crippen molar-refractivity contribution in [3.8, 4) is 11.4 Å². The molecule has 1 aliphatic rings. The van der Waals surface area contributed by atoms with Gasteiger partial charge >= 0.3 is 0 Å². The monoisotopic (exact) mass is 363 g/mol. The van der Waals surface area contributed by atoms with Crippen molar-refractivity contribution >= 4 is 0 Å². The number of rotatable bonds is 3. The van der Waals surface area contributed by atoms with Gasteiger partial charge in [-0.05, 0) is 44.5 Å². The van der Waals surface area contributed by atoms with Crippen molar-refractivity contribution < 1.29 is 0 Å². The van der Waals surface area contributed by atoms with Crippen molar-refractivity contribution in [2.24, 2.45) is 0 Å². The molecule has 0 aliphatic carbocycles. The molecular formula is C21H25N5O. The van der Waals surface area contributed by atoms with Crippen LogP contribution in [0.25, 0.3) is 11.4 Å². The third kappa shape index (κ3) is 3.71. The third-order valence-corrected chi connectivity index (χ3v) is 5.02. The zero-order valence-corrected chi connectivity index (χ0v) is 16.1. The van der Waals surface area contributed by atoms with Crippen LogP contribution in [-0.2, 0) is 25.0 Å². The lowest BCUT2D eigenvalue weighted by Gasteiger charge is -2.27. The second-order valence-electron chi connectivity index (χ2n) is 8.14. The van der Waals surface area contributed by atoms with Crippen molar-refractivity contribution in [3.63, 3.8) is 0 Å². The quantitative estimate of drug-likeness (QED) is 0.777. The van der Waals surface area contributed by atoms with Crippen LogP contribution in [0, 0.1) is 0 Å². The van der Waals surface area contributed by atoms with E-state index in [-0.39, 0.29) is 11.1 Å². The first kappa shape index (κ1) is 17.7. The highest BCUT2D eigenvalue weighted by molar-refractivity contribution is 5.53. The van der Waals surface area contributed by atoms with Crippen LogP contribution < -0.4 is 5.56 Å². The molecule has 0 fully saturated rings. The van der Waals surface area contributed by atoms with Crippen LogP contribution in [0.1, 0.15) is 37.6 Å². The summed E-state index contributed by atoms with van der Waals surface area (Å²) in [6.07, 6.45) is 8.54. The van der Waals surface area contributed by atoms with Gasteiger partial charge in [-0.25, -0.2) is 4.98 Å². The molecule has 0 aromatic carbocycles. The Morgan fingerprint density at radius 1 is 1.26 bits per heavy atom. The van der Waals surface area contributed by atoms with Crippen molar-refractivity contribution in [3.05, 3.63) is 70.2 Å². The molecule has 1 N–H and O–H groups in total. The molecule has 3 aromatic rings. The summed E-state index contributed by atoms with van der Waals surface area (Å²) in [6.45, 7) is 8.95. The number of nitrogens with one attached hydrogen (secondary N) is 1. The Morgan fingerprint density at radius 3 is 2.81 bits per heavy atom. The molecule has 0 unspecified atom stereocenters. The lowest BCUT2D eigenvalue weighted by molar-refractivity contribution is 0.241. The van der Waals surface area contributed by atoms with Gasteiger partial charge in [0, 0.05) is 61.9 Å². The van der Waals surface area contributed by atoms with Gasteiger partial charge in [0.2, 0.25) is 0 Å². The maximum atomic E-state index is 12.6. The molecule has 6 heteroatoms. The molecule has 0 amide bonds. The second-order valence-corrected chi connectivity index (χ2v) is 8.14. The summed E-state index contributed by atoms with van der Waals surface area (Å²) >= 11 is 0. The summed E-state index contributed by atoms with van der Waals surface area (Å²) in [6, 6.07) is 5.92. The van der Waals surface area contributed by atoms with Crippen molar-refractivity contribution in [2.75, 3.05) is 6.54 Å². The molecular weight excluding hydrogens is 338 g/mol. The van der Waals surface area contributed by atoms with E-state index in [1.165, 1.54) is 5.56 Å². The number of hydrogen-bond donors (Lipinski definition) is 1. The van der Waals surface area contributed by atoms with Crippen LogP contribution >= 0.6 is 0 Å². The molecule has 0 saturated heterocycles. The van der Waals surface area contributed by atoms with Gasteiger partial charge in [-0.3, -0.25) is 14.7 Å². The van der Waals surface area contributed by atoms with Gasteiger partial charge < -0.3 is 9.55 Å². The lowest BCUT2D eigenvalue weighted by Crippen LogP contribution is -2.35. The highest BCUT2D eigenvalue weighted by atomic mass is 16.1. The molecule has 4 rings (SSSR count). The maximum Gasteiger partial charge on any atom is 0.255 e. The minimum Gasteiger partial charge on any atom is -0.349 e. The largest absolute Gasteiger partial charge is 0.349 e. The SMILES string of the molecule is CC(C)(C)n1ccc(CN2CCc3nc(-c4cccnc4)[nH]c(=O)c3C2)c1. The van der Waals surface area contributed by atoms with Crippen molar-refractivity contribution in [2.45, 2.75) is 45.8 Å². The summed E-state index contributed by atoms with van der Waals surface area (Å²) in [4.78, 5) is 26.7. The molecule has 3 aromatic heterocycles. The molecule has 140 valence electrons. The van der Waals surface area contributed by atoms with Gasteiger partial charge in [0.1, 0.15) is 5.82 Å². The number of hydrogen-bond acceptors (Lipinski definition) is 4. The Bertz CT molecular complexity index is 997. The summed E-state index contributed by atoms with van der Waals surface area (Å²) in [7, 11) is 0. The van der Waals surface area contributed by atoms with E-state index < -0.39 is 0 Å². The fourth-order valence-corrected chi connectivity index (χ4v) is 3.47. The van der Waals surface area contributed by atoms with Gasteiger partial charge in [0.15, 0.2) is 0 Å². The summed E-state index contributed by atoms with van der Waals surface area (Å²) in [5.74, 6) is 0.600. The van der Waals surface area contributed by atoms with Crippen molar-refractivity contribution in [1.29, 1.82) is 0 Å². The van der Waals surface area contributed by atoms with Gasteiger partial charge in [-0.2, -0.15) is 0 Å². The van der Waals surface area contributed by atoms with E-state index in [1.54, 1.807) is 12.4 Å². The van der Waals surface area contributed by atoms with Gasteiger partial charge in [0.05, 0.1) is 11.3 Å². The molecule has 0 spiro atoms. The third-order valence-electron chi connectivity index (χ3n) is 5.02. The number of fused-ring (bicyclic) bond motifs is 1. The highest BCUT2D eigenvalue weighted by Crippen LogP contribution is 2.21. The van der Waals surface area contributed by atoms with Crippen molar-refractivity contribution in [1.82, 2.24) is 24.4 Å². The fraction of sp³-hybridized carbons (Fsp3) is 0.381. The van der Waals surface area contributed by atoms with E-state index >= 15 is 0 Å². The Hall–Kier alpha value is -2.73. The minimum atomic E-state index is -0.0455.